The molecule has 3 N–H and O–H groups in total. The summed E-state index contributed by atoms with van der Waals surface area (Å²) >= 11 is 0. The van der Waals surface area contributed by atoms with E-state index in [2.05, 4.69) is 23.4 Å². The maximum Gasteiger partial charge on any atom is 0.0482 e. The number of nitrogens with zero attached hydrogens (tertiary/aromatic N) is 1. The molecule has 0 spiro atoms. The summed E-state index contributed by atoms with van der Waals surface area (Å²) in [4.78, 5) is 4.47. The van der Waals surface area contributed by atoms with Crippen molar-refractivity contribution in [3.8, 4) is 0 Å². The molecule has 2 unspecified atom stereocenters. The first kappa shape index (κ1) is 9.62. The van der Waals surface area contributed by atoms with E-state index in [9.17, 15) is 0 Å². The van der Waals surface area contributed by atoms with Crippen LogP contribution < -0.4 is 11.3 Å². The summed E-state index contributed by atoms with van der Waals surface area (Å²) in [5.74, 6) is 5.96. The van der Waals surface area contributed by atoms with Crippen molar-refractivity contribution in [1.29, 1.82) is 0 Å². The molecule has 1 aliphatic rings. The number of nitrogens with one attached hydrogen (secondary N) is 1. The van der Waals surface area contributed by atoms with Crippen molar-refractivity contribution in [3.05, 3.63) is 29.6 Å². The van der Waals surface area contributed by atoms with Crippen molar-refractivity contribution in [1.82, 2.24) is 10.4 Å². The number of aryl methyl sites for hydroxylation is 1. The first-order valence-electron chi connectivity index (χ1n) is 5.23. The van der Waals surface area contributed by atoms with Crippen LogP contribution in [0.2, 0.25) is 0 Å². The number of hydrogen-bond donors (Lipinski definition) is 2. The lowest BCUT2D eigenvalue weighted by Gasteiger charge is -2.28. The number of nitrogens with two attached hydrogens (primary N) is 1. The molecule has 0 saturated heterocycles. The van der Waals surface area contributed by atoms with Crippen LogP contribution in [0.5, 0.6) is 0 Å². The minimum absolute atomic E-state index is 0.309. The van der Waals surface area contributed by atoms with Gasteiger partial charge in [-0.25, -0.2) is 0 Å². The Morgan fingerprint density at radius 3 is 3.29 bits per heavy atom. The van der Waals surface area contributed by atoms with Gasteiger partial charge in [0.1, 0.15) is 0 Å². The number of fused-ring (bicyclic) bond motifs is 1. The largest absolute Gasteiger partial charge is 0.271 e. The van der Waals surface area contributed by atoms with Crippen LogP contribution in [-0.4, -0.2) is 11.0 Å². The van der Waals surface area contributed by atoms with Gasteiger partial charge in [0, 0.05) is 23.9 Å². The number of rotatable bonds is 2. The molecule has 0 bridgehead atoms. The summed E-state index contributed by atoms with van der Waals surface area (Å²) < 4.78 is 0. The first-order valence-corrected chi connectivity index (χ1v) is 5.23. The lowest BCUT2D eigenvalue weighted by Crippen LogP contribution is -2.38. The molecule has 2 atom stereocenters. The molecular weight excluding hydrogens is 174 g/mol. The van der Waals surface area contributed by atoms with Crippen LogP contribution >= 0.6 is 0 Å². The van der Waals surface area contributed by atoms with Crippen molar-refractivity contribution >= 4 is 0 Å². The molecule has 0 saturated carbocycles. The number of hydrogen-bond acceptors (Lipinski definition) is 3. The van der Waals surface area contributed by atoms with Gasteiger partial charge in [-0.1, -0.05) is 6.07 Å². The molecule has 0 amide bonds. The Labute approximate surface area is 84.7 Å². The van der Waals surface area contributed by atoms with E-state index in [1.807, 2.05) is 12.3 Å². The molecule has 14 heavy (non-hydrogen) atoms. The van der Waals surface area contributed by atoms with Gasteiger partial charge < -0.3 is 0 Å². The fourth-order valence-corrected chi connectivity index (χ4v) is 2.25. The molecule has 1 aromatic heterocycles. The molecule has 76 valence electrons. The van der Waals surface area contributed by atoms with Crippen LogP contribution in [0.25, 0.3) is 0 Å². The maximum absolute atomic E-state index is 5.48. The van der Waals surface area contributed by atoms with Gasteiger partial charge in [-0.3, -0.25) is 16.3 Å². The smallest absolute Gasteiger partial charge is 0.0482 e. The Balaban J connectivity index is 2.30. The summed E-state index contributed by atoms with van der Waals surface area (Å²) in [5, 5.41) is 0. The highest BCUT2D eigenvalue weighted by atomic mass is 15.2. The van der Waals surface area contributed by atoms with Gasteiger partial charge in [-0.2, -0.15) is 0 Å². The lowest BCUT2D eigenvalue weighted by atomic mass is 9.83. The molecule has 0 fully saturated rings. The molecule has 3 nitrogen and oxygen atoms in total. The first-order chi connectivity index (χ1) is 6.83. The Morgan fingerprint density at radius 1 is 1.64 bits per heavy atom. The van der Waals surface area contributed by atoms with Crippen LogP contribution in [0.4, 0.5) is 0 Å². The van der Waals surface area contributed by atoms with E-state index in [0.29, 0.717) is 12.0 Å². The summed E-state index contributed by atoms with van der Waals surface area (Å²) in [7, 11) is 0. The monoisotopic (exact) mass is 191 g/mol. The van der Waals surface area contributed by atoms with E-state index in [0.717, 1.165) is 6.42 Å². The van der Waals surface area contributed by atoms with E-state index in [1.54, 1.807) is 0 Å². The Bertz CT molecular complexity index is 311. The van der Waals surface area contributed by atoms with Gasteiger partial charge in [0.15, 0.2) is 0 Å². The van der Waals surface area contributed by atoms with Gasteiger partial charge in [-0.05, 0) is 37.8 Å². The molecule has 3 heteroatoms. The van der Waals surface area contributed by atoms with Crippen molar-refractivity contribution in [2.24, 2.45) is 5.84 Å². The van der Waals surface area contributed by atoms with E-state index in [1.165, 1.54) is 24.1 Å². The Kier molecular flexibility index (Phi) is 2.79. The van der Waals surface area contributed by atoms with Crippen LogP contribution in [0.15, 0.2) is 18.3 Å². The molecule has 0 radical (unpaired) electrons. The second-order valence-electron chi connectivity index (χ2n) is 4.00. The quantitative estimate of drug-likeness (QED) is 0.548. The zero-order valence-electron chi connectivity index (χ0n) is 8.53. The topological polar surface area (TPSA) is 50.9 Å². The molecule has 1 heterocycles. The average molecular weight is 191 g/mol. The van der Waals surface area contributed by atoms with Crippen molar-refractivity contribution in [3.63, 3.8) is 0 Å². The summed E-state index contributed by atoms with van der Waals surface area (Å²) in [6.45, 7) is 2.12. The van der Waals surface area contributed by atoms with E-state index < -0.39 is 0 Å². The number of pyridine rings is 1. The van der Waals surface area contributed by atoms with Crippen LogP contribution in [0.3, 0.4) is 0 Å². The molecule has 1 aliphatic carbocycles. The SMILES string of the molecule is CC(NN)C1CCCc2cccnc21. The molecule has 1 aromatic rings. The summed E-state index contributed by atoms with van der Waals surface area (Å²) in [6.07, 6.45) is 5.47. The third-order valence-electron chi connectivity index (χ3n) is 3.11. The molecule has 0 aliphatic heterocycles. The fraction of sp³-hybridized carbons (Fsp3) is 0.545. The minimum Gasteiger partial charge on any atom is -0.271 e. The molecular formula is C11H17N3. The zero-order valence-corrected chi connectivity index (χ0v) is 8.53. The molecule has 0 aromatic carbocycles. The third kappa shape index (κ3) is 1.65. The van der Waals surface area contributed by atoms with E-state index >= 15 is 0 Å². The van der Waals surface area contributed by atoms with Crippen molar-refractivity contribution < 1.29 is 0 Å². The Morgan fingerprint density at radius 2 is 2.50 bits per heavy atom. The van der Waals surface area contributed by atoms with Crippen molar-refractivity contribution in [2.75, 3.05) is 0 Å². The predicted molar refractivity (Wildman–Crippen MR) is 56.7 cm³/mol. The minimum atomic E-state index is 0.309. The third-order valence-corrected chi connectivity index (χ3v) is 3.11. The summed E-state index contributed by atoms with van der Waals surface area (Å²) in [5.41, 5.74) is 5.47. The highest BCUT2D eigenvalue weighted by Gasteiger charge is 2.25. The van der Waals surface area contributed by atoms with Gasteiger partial charge in [-0.15, -0.1) is 0 Å². The van der Waals surface area contributed by atoms with E-state index in [4.69, 9.17) is 5.84 Å². The van der Waals surface area contributed by atoms with Crippen LogP contribution in [-0.2, 0) is 6.42 Å². The fourth-order valence-electron chi connectivity index (χ4n) is 2.25. The lowest BCUT2D eigenvalue weighted by molar-refractivity contribution is 0.412. The van der Waals surface area contributed by atoms with Crippen LogP contribution in [0, 0.1) is 0 Å². The average Bonchev–Trinajstić information content (AvgIpc) is 2.27. The highest BCUT2D eigenvalue weighted by molar-refractivity contribution is 5.27. The van der Waals surface area contributed by atoms with Gasteiger partial charge in [0.05, 0.1) is 0 Å². The van der Waals surface area contributed by atoms with Gasteiger partial charge in [0.25, 0.3) is 0 Å². The number of hydrazine groups is 1. The normalized spacial score (nSPS) is 22.9. The molecule has 2 rings (SSSR count). The predicted octanol–water partition coefficient (Wildman–Crippen LogP) is 1.35. The van der Waals surface area contributed by atoms with Crippen molar-refractivity contribution in [2.45, 2.75) is 38.1 Å². The zero-order chi connectivity index (χ0) is 9.97. The number of aromatic nitrogens is 1. The highest BCUT2D eigenvalue weighted by Crippen LogP contribution is 2.31. The second-order valence-corrected chi connectivity index (χ2v) is 4.00. The standard InChI is InChI=1S/C11H17N3/c1-8(14-12)10-6-2-4-9-5-3-7-13-11(9)10/h3,5,7-8,10,14H,2,4,6,12H2,1H3. The maximum atomic E-state index is 5.48. The van der Waals surface area contributed by atoms with Gasteiger partial charge in [0.2, 0.25) is 0 Å². The van der Waals surface area contributed by atoms with Gasteiger partial charge >= 0.3 is 0 Å². The van der Waals surface area contributed by atoms with E-state index in [-0.39, 0.29) is 0 Å². The Hall–Kier alpha value is -0.930. The second kappa shape index (κ2) is 4.07. The van der Waals surface area contributed by atoms with Crippen LogP contribution in [0.1, 0.15) is 36.9 Å². The summed E-state index contributed by atoms with van der Waals surface area (Å²) in [6, 6.07) is 4.50.